The van der Waals surface area contributed by atoms with Gasteiger partial charge in [-0.05, 0) is 51.0 Å². The standard InChI is InChI=1S/C23H23NO6/c1-12-13(2)23(28)30-20-14(3)18(11-10-17(12)20)29-15(4)21(25)24-19(22(26)27)16-8-6-5-7-9-16/h5-11,15,19H,1-4H3,(H,24,25)(H,26,27)/p-1/t15-,19+/m1/s1. The molecule has 7 nitrogen and oxygen atoms in total. The molecule has 0 saturated heterocycles. The van der Waals surface area contributed by atoms with E-state index in [9.17, 15) is 19.5 Å². The summed E-state index contributed by atoms with van der Waals surface area (Å²) in [6.07, 6.45) is -0.995. The number of ether oxygens (including phenoxy) is 1. The summed E-state index contributed by atoms with van der Waals surface area (Å²) in [5.74, 6) is -1.67. The maximum absolute atomic E-state index is 12.6. The molecule has 3 aromatic rings. The predicted molar refractivity (Wildman–Crippen MR) is 109 cm³/mol. The van der Waals surface area contributed by atoms with Crippen molar-refractivity contribution in [2.45, 2.75) is 39.8 Å². The van der Waals surface area contributed by atoms with E-state index in [4.69, 9.17) is 9.15 Å². The minimum absolute atomic E-state index is 0.362. The number of nitrogens with one attached hydrogen (secondary N) is 1. The topological polar surface area (TPSA) is 109 Å². The van der Waals surface area contributed by atoms with Gasteiger partial charge in [0.1, 0.15) is 11.3 Å². The summed E-state index contributed by atoms with van der Waals surface area (Å²) in [6, 6.07) is 10.4. The van der Waals surface area contributed by atoms with Crippen LogP contribution in [0.15, 0.2) is 51.7 Å². The molecule has 3 rings (SSSR count). The average molecular weight is 408 g/mol. The van der Waals surface area contributed by atoms with E-state index in [-0.39, 0.29) is 0 Å². The Labute approximate surface area is 173 Å². The molecular formula is C23H22NO6-. The Bertz CT molecular complexity index is 1170. The summed E-state index contributed by atoms with van der Waals surface area (Å²) in [7, 11) is 0. The molecule has 0 fully saturated rings. The molecule has 2 aromatic carbocycles. The maximum atomic E-state index is 12.6. The van der Waals surface area contributed by atoms with Gasteiger partial charge in [-0.2, -0.15) is 0 Å². The Kier molecular flexibility index (Phi) is 5.91. The summed E-state index contributed by atoms with van der Waals surface area (Å²) >= 11 is 0. The van der Waals surface area contributed by atoms with Gasteiger partial charge in [-0.3, -0.25) is 4.79 Å². The molecule has 0 aliphatic carbocycles. The highest BCUT2D eigenvalue weighted by atomic mass is 16.5. The van der Waals surface area contributed by atoms with Crippen LogP contribution in [-0.2, 0) is 9.59 Å². The van der Waals surface area contributed by atoms with E-state index < -0.39 is 29.6 Å². The van der Waals surface area contributed by atoms with E-state index in [0.717, 1.165) is 10.9 Å². The molecule has 156 valence electrons. The van der Waals surface area contributed by atoms with Crippen molar-refractivity contribution in [2.24, 2.45) is 0 Å². The number of benzene rings is 2. The lowest BCUT2D eigenvalue weighted by molar-refractivity contribution is -0.308. The lowest BCUT2D eigenvalue weighted by Crippen LogP contribution is -2.45. The van der Waals surface area contributed by atoms with E-state index in [0.29, 0.717) is 28.0 Å². The Morgan fingerprint density at radius 1 is 1.00 bits per heavy atom. The molecule has 0 unspecified atom stereocenters. The van der Waals surface area contributed by atoms with Crippen molar-refractivity contribution < 1.29 is 23.8 Å². The van der Waals surface area contributed by atoms with E-state index >= 15 is 0 Å². The molecule has 0 aliphatic heterocycles. The fraction of sp³-hybridized carbons (Fsp3) is 0.261. The minimum atomic E-state index is -1.42. The normalized spacial score (nSPS) is 12.9. The van der Waals surface area contributed by atoms with Crippen LogP contribution >= 0.6 is 0 Å². The van der Waals surface area contributed by atoms with Gasteiger partial charge in [-0.15, -0.1) is 0 Å². The Hall–Kier alpha value is -3.61. The number of aryl methyl sites for hydroxylation is 2. The number of carbonyl (C=O) groups is 2. The van der Waals surface area contributed by atoms with Crippen LogP contribution in [0.5, 0.6) is 5.75 Å². The third-order valence-corrected chi connectivity index (χ3v) is 5.15. The maximum Gasteiger partial charge on any atom is 0.339 e. The molecule has 0 radical (unpaired) electrons. The number of carboxylic acids is 1. The fourth-order valence-electron chi connectivity index (χ4n) is 3.18. The first-order valence-corrected chi connectivity index (χ1v) is 9.47. The van der Waals surface area contributed by atoms with E-state index in [1.165, 1.54) is 6.92 Å². The summed E-state index contributed by atoms with van der Waals surface area (Å²) in [5, 5.41) is 14.7. The minimum Gasteiger partial charge on any atom is -0.548 e. The quantitative estimate of drug-likeness (QED) is 0.626. The second kappa shape index (κ2) is 8.41. The first-order chi connectivity index (χ1) is 14.2. The number of hydrogen-bond donors (Lipinski definition) is 1. The van der Waals surface area contributed by atoms with Crippen molar-refractivity contribution in [1.82, 2.24) is 5.32 Å². The molecule has 7 heteroatoms. The lowest BCUT2D eigenvalue weighted by atomic mass is 10.0. The van der Waals surface area contributed by atoms with Crippen molar-refractivity contribution in [3.05, 3.63) is 75.1 Å². The van der Waals surface area contributed by atoms with E-state index in [2.05, 4.69) is 5.32 Å². The molecule has 1 heterocycles. The molecule has 0 aliphatic rings. The van der Waals surface area contributed by atoms with Crippen molar-refractivity contribution in [2.75, 3.05) is 0 Å². The smallest absolute Gasteiger partial charge is 0.339 e. The molecule has 2 atom stereocenters. The predicted octanol–water partition coefficient (Wildman–Crippen LogP) is 2.09. The number of amides is 1. The molecule has 1 aromatic heterocycles. The second-order valence-corrected chi connectivity index (χ2v) is 7.14. The van der Waals surface area contributed by atoms with Crippen LogP contribution in [0, 0.1) is 20.8 Å². The zero-order valence-corrected chi connectivity index (χ0v) is 17.1. The van der Waals surface area contributed by atoms with Crippen molar-refractivity contribution >= 4 is 22.8 Å². The number of carbonyl (C=O) groups excluding carboxylic acids is 2. The highest BCUT2D eigenvalue weighted by molar-refractivity contribution is 5.87. The fourth-order valence-corrected chi connectivity index (χ4v) is 3.18. The van der Waals surface area contributed by atoms with Crippen LogP contribution in [0.4, 0.5) is 0 Å². The summed E-state index contributed by atoms with van der Waals surface area (Å²) in [6.45, 7) is 6.78. The summed E-state index contributed by atoms with van der Waals surface area (Å²) < 4.78 is 11.2. The summed E-state index contributed by atoms with van der Waals surface area (Å²) in [5.41, 5.74) is 2.30. The third-order valence-electron chi connectivity index (χ3n) is 5.15. The van der Waals surface area contributed by atoms with Crippen LogP contribution in [0.1, 0.15) is 35.2 Å². The number of hydrogen-bond acceptors (Lipinski definition) is 6. The number of fused-ring (bicyclic) bond motifs is 1. The lowest BCUT2D eigenvalue weighted by Gasteiger charge is -2.23. The van der Waals surface area contributed by atoms with Gasteiger partial charge in [0, 0.05) is 16.5 Å². The van der Waals surface area contributed by atoms with Gasteiger partial charge >= 0.3 is 5.63 Å². The molecule has 1 N–H and O–H groups in total. The summed E-state index contributed by atoms with van der Waals surface area (Å²) in [4.78, 5) is 36.1. The van der Waals surface area contributed by atoms with Gasteiger partial charge < -0.3 is 24.4 Å². The number of aliphatic carboxylic acids is 1. The zero-order valence-electron chi connectivity index (χ0n) is 17.1. The molecule has 30 heavy (non-hydrogen) atoms. The van der Waals surface area contributed by atoms with Crippen molar-refractivity contribution in [3.8, 4) is 5.75 Å². The largest absolute Gasteiger partial charge is 0.548 e. The third kappa shape index (κ3) is 4.05. The zero-order chi connectivity index (χ0) is 22.0. The SMILES string of the molecule is Cc1c(C)c2ccc(O[C@H](C)C(=O)N[C@H](C(=O)[O-])c3ccccc3)c(C)c2oc1=O. The van der Waals surface area contributed by atoms with Gasteiger partial charge in [0.2, 0.25) is 0 Å². The first-order valence-electron chi connectivity index (χ1n) is 9.47. The average Bonchev–Trinajstić information content (AvgIpc) is 2.73. The van der Waals surface area contributed by atoms with E-state index in [1.54, 1.807) is 56.3 Å². The first kappa shape index (κ1) is 21.1. The number of rotatable bonds is 6. The van der Waals surface area contributed by atoms with Gasteiger partial charge in [-0.25, -0.2) is 4.79 Å². The van der Waals surface area contributed by atoms with Crippen molar-refractivity contribution in [3.63, 3.8) is 0 Å². The van der Waals surface area contributed by atoms with Crippen LogP contribution < -0.4 is 20.8 Å². The highest BCUT2D eigenvalue weighted by Crippen LogP contribution is 2.30. The van der Waals surface area contributed by atoms with Crippen LogP contribution in [-0.4, -0.2) is 18.0 Å². The van der Waals surface area contributed by atoms with Gasteiger partial charge in [-0.1, -0.05) is 30.3 Å². The highest BCUT2D eigenvalue weighted by Gasteiger charge is 2.22. The van der Waals surface area contributed by atoms with E-state index in [1.807, 2.05) is 6.92 Å². The molecule has 1 amide bonds. The van der Waals surface area contributed by atoms with Crippen LogP contribution in [0.25, 0.3) is 11.0 Å². The Morgan fingerprint density at radius 3 is 2.30 bits per heavy atom. The second-order valence-electron chi connectivity index (χ2n) is 7.14. The van der Waals surface area contributed by atoms with Gasteiger partial charge in [0.05, 0.1) is 12.0 Å². The molecular weight excluding hydrogens is 386 g/mol. The number of carboxylic acid groups (broad SMARTS) is 1. The van der Waals surface area contributed by atoms with Gasteiger partial charge in [0.15, 0.2) is 6.10 Å². The van der Waals surface area contributed by atoms with Crippen LogP contribution in [0.3, 0.4) is 0 Å². The Morgan fingerprint density at radius 2 is 1.67 bits per heavy atom. The molecule has 0 bridgehead atoms. The van der Waals surface area contributed by atoms with Crippen LogP contribution in [0.2, 0.25) is 0 Å². The molecule has 0 saturated carbocycles. The molecule has 0 spiro atoms. The van der Waals surface area contributed by atoms with Gasteiger partial charge in [0.25, 0.3) is 5.91 Å². The monoisotopic (exact) mass is 408 g/mol. The van der Waals surface area contributed by atoms with Crippen molar-refractivity contribution in [1.29, 1.82) is 0 Å². The Balaban J connectivity index is 1.84.